The highest BCUT2D eigenvalue weighted by Gasteiger charge is 2.17. The van der Waals surface area contributed by atoms with Crippen molar-refractivity contribution in [3.05, 3.63) is 28.8 Å². The second kappa shape index (κ2) is 4.99. The van der Waals surface area contributed by atoms with Crippen LogP contribution in [0.15, 0.2) is 12.1 Å². The highest BCUT2D eigenvalue weighted by atomic mass is 79.9. The quantitative estimate of drug-likeness (QED) is 0.857. The van der Waals surface area contributed by atoms with E-state index in [1.54, 1.807) is 7.11 Å². The van der Waals surface area contributed by atoms with Crippen molar-refractivity contribution in [1.82, 2.24) is 0 Å². The second-order valence-electron chi connectivity index (χ2n) is 3.73. The zero-order chi connectivity index (χ0) is 11.6. The van der Waals surface area contributed by atoms with Crippen LogP contribution in [0.25, 0.3) is 0 Å². The fraction of sp³-hybridized carbons (Fsp3) is 0.500. The topological polar surface area (TPSA) is 29.5 Å². The van der Waals surface area contributed by atoms with Gasteiger partial charge in [0.2, 0.25) is 0 Å². The molecule has 1 aromatic carbocycles. The van der Waals surface area contributed by atoms with E-state index in [0.717, 1.165) is 22.4 Å². The van der Waals surface area contributed by atoms with Gasteiger partial charge in [-0.1, -0.05) is 22.0 Å². The fourth-order valence-electron chi connectivity index (χ4n) is 1.61. The summed E-state index contributed by atoms with van der Waals surface area (Å²) in [4.78, 5) is 0.0454. The maximum atomic E-state index is 9.98. The Labute approximate surface area is 99.4 Å². The van der Waals surface area contributed by atoms with E-state index in [9.17, 15) is 5.11 Å². The number of aliphatic hydroxyl groups excluding tert-OH is 1. The minimum Gasteiger partial charge on any atom is -0.496 e. The molecule has 0 amide bonds. The number of hydrogen-bond acceptors (Lipinski definition) is 2. The van der Waals surface area contributed by atoms with Crippen LogP contribution in [0.5, 0.6) is 5.75 Å². The number of aliphatic hydroxyl groups is 1. The van der Waals surface area contributed by atoms with E-state index in [2.05, 4.69) is 15.9 Å². The molecule has 2 unspecified atom stereocenters. The molecule has 15 heavy (non-hydrogen) atoms. The van der Waals surface area contributed by atoms with Gasteiger partial charge in [0.25, 0.3) is 0 Å². The Bertz CT molecular complexity index is 348. The number of halogens is 1. The predicted octanol–water partition coefficient (Wildman–Crippen LogP) is 3.13. The van der Waals surface area contributed by atoms with Gasteiger partial charge in [-0.05, 0) is 43.5 Å². The van der Waals surface area contributed by atoms with Gasteiger partial charge in [-0.3, -0.25) is 0 Å². The van der Waals surface area contributed by atoms with Gasteiger partial charge in [-0.25, -0.2) is 0 Å². The minimum atomic E-state index is -0.477. The first-order valence-corrected chi connectivity index (χ1v) is 5.86. The maximum absolute atomic E-state index is 9.98. The van der Waals surface area contributed by atoms with Gasteiger partial charge in [0, 0.05) is 4.83 Å². The van der Waals surface area contributed by atoms with Crippen molar-refractivity contribution in [3.8, 4) is 5.75 Å². The summed E-state index contributed by atoms with van der Waals surface area (Å²) in [5.41, 5.74) is 3.13. The van der Waals surface area contributed by atoms with E-state index >= 15 is 0 Å². The molecule has 3 heteroatoms. The molecule has 2 atom stereocenters. The van der Waals surface area contributed by atoms with Gasteiger partial charge in [0.1, 0.15) is 5.75 Å². The Hall–Kier alpha value is -0.540. The Balaban J connectivity index is 3.17. The van der Waals surface area contributed by atoms with Crippen LogP contribution >= 0.6 is 15.9 Å². The third-order valence-corrected chi connectivity index (χ3v) is 3.25. The van der Waals surface area contributed by atoms with E-state index < -0.39 is 6.10 Å². The average Bonchev–Trinajstić information content (AvgIpc) is 2.21. The van der Waals surface area contributed by atoms with Crippen molar-refractivity contribution in [2.45, 2.75) is 31.7 Å². The number of hydrogen-bond donors (Lipinski definition) is 1. The van der Waals surface area contributed by atoms with Crippen molar-refractivity contribution < 1.29 is 9.84 Å². The van der Waals surface area contributed by atoms with Crippen LogP contribution in [0, 0.1) is 13.8 Å². The lowest BCUT2D eigenvalue weighted by Gasteiger charge is -2.18. The van der Waals surface area contributed by atoms with Crippen LogP contribution in [0.1, 0.15) is 29.7 Å². The first-order valence-electron chi connectivity index (χ1n) is 4.95. The number of benzene rings is 1. The molecule has 1 aromatic rings. The second-order valence-corrected chi connectivity index (χ2v) is 5.17. The van der Waals surface area contributed by atoms with Crippen LogP contribution in [-0.2, 0) is 0 Å². The van der Waals surface area contributed by atoms with Crippen LogP contribution in [-0.4, -0.2) is 17.0 Å². The number of ether oxygens (including phenoxy) is 1. The molecular weight excluding hydrogens is 256 g/mol. The lowest BCUT2D eigenvalue weighted by molar-refractivity contribution is 0.180. The van der Waals surface area contributed by atoms with E-state index in [1.807, 2.05) is 32.9 Å². The Kier molecular flexibility index (Phi) is 4.17. The highest BCUT2D eigenvalue weighted by molar-refractivity contribution is 9.09. The van der Waals surface area contributed by atoms with E-state index in [4.69, 9.17) is 4.74 Å². The largest absolute Gasteiger partial charge is 0.496 e. The Morgan fingerprint density at radius 2 is 1.87 bits per heavy atom. The van der Waals surface area contributed by atoms with Crippen molar-refractivity contribution in [1.29, 1.82) is 0 Å². The minimum absolute atomic E-state index is 0.0454. The summed E-state index contributed by atoms with van der Waals surface area (Å²) in [6, 6.07) is 3.82. The zero-order valence-corrected chi connectivity index (χ0v) is 11.1. The standard InChI is InChI=1S/C12H17BrO2/c1-7-8(2)11(15-4)6-5-10(7)12(14)9(3)13/h5-6,9,12,14H,1-4H3. The number of rotatable bonds is 3. The van der Waals surface area contributed by atoms with Crippen molar-refractivity contribution in [2.24, 2.45) is 0 Å². The fourth-order valence-corrected chi connectivity index (χ4v) is 1.89. The van der Waals surface area contributed by atoms with Gasteiger partial charge in [-0.15, -0.1) is 0 Å². The molecule has 0 aliphatic carbocycles. The molecule has 0 fully saturated rings. The summed E-state index contributed by atoms with van der Waals surface area (Å²) in [6.45, 7) is 5.94. The molecule has 0 saturated heterocycles. The summed E-state index contributed by atoms with van der Waals surface area (Å²) < 4.78 is 5.23. The molecule has 1 rings (SSSR count). The predicted molar refractivity (Wildman–Crippen MR) is 65.8 cm³/mol. The molecule has 0 aromatic heterocycles. The molecular formula is C12H17BrO2. The van der Waals surface area contributed by atoms with E-state index in [1.165, 1.54) is 0 Å². The summed E-state index contributed by atoms with van der Waals surface area (Å²) in [6.07, 6.45) is -0.477. The molecule has 2 nitrogen and oxygen atoms in total. The SMILES string of the molecule is COc1ccc(C(O)C(C)Br)c(C)c1C. The molecule has 0 heterocycles. The van der Waals surface area contributed by atoms with Gasteiger partial charge < -0.3 is 9.84 Å². The third kappa shape index (κ3) is 2.52. The first kappa shape index (κ1) is 12.5. The summed E-state index contributed by atoms with van der Waals surface area (Å²) in [7, 11) is 1.66. The lowest BCUT2D eigenvalue weighted by atomic mass is 9.97. The smallest absolute Gasteiger partial charge is 0.122 e. The molecule has 0 bridgehead atoms. The first-order chi connectivity index (χ1) is 6.99. The summed E-state index contributed by atoms with van der Waals surface area (Å²) in [5, 5.41) is 9.98. The van der Waals surface area contributed by atoms with Crippen molar-refractivity contribution >= 4 is 15.9 Å². The Morgan fingerprint density at radius 1 is 1.27 bits per heavy atom. The number of alkyl halides is 1. The van der Waals surface area contributed by atoms with Gasteiger partial charge in [-0.2, -0.15) is 0 Å². The van der Waals surface area contributed by atoms with Crippen LogP contribution in [0.4, 0.5) is 0 Å². The van der Waals surface area contributed by atoms with E-state index in [-0.39, 0.29) is 4.83 Å². The number of methoxy groups -OCH3 is 1. The third-order valence-electron chi connectivity index (χ3n) is 2.75. The molecule has 0 aliphatic heterocycles. The highest BCUT2D eigenvalue weighted by Crippen LogP contribution is 2.30. The molecule has 84 valence electrons. The van der Waals surface area contributed by atoms with Gasteiger partial charge >= 0.3 is 0 Å². The van der Waals surface area contributed by atoms with Crippen LogP contribution in [0.3, 0.4) is 0 Å². The summed E-state index contributed by atoms with van der Waals surface area (Å²) in [5.74, 6) is 0.866. The average molecular weight is 273 g/mol. The summed E-state index contributed by atoms with van der Waals surface area (Å²) >= 11 is 3.39. The lowest BCUT2D eigenvalue weighted by Crippen LogP contribution is -2.10. The van der Waals surface area contributed by atoms with Gasteiger partial charge in [0.05, 0.1) is 13.2 Å². The molecule has 0 radical (unpaired) electrons. The normalized spacial score (nSPS) is 14.8. The maximum Gasteiger partial charge on any atom is 0.122 e. The van der Waals surface area contributed by atoms with Crippen molar-refractivity contribution in [2.75, 3.05) is 7.11 Å². The zero-order valence-electron chi connectivity index (χ0n) is 9.54. The molecule has 1 N–H and O–H groups in total. The van der Waals surface area contributed by atoms with Crippen LogP contribution < -0.4 is 4.74 Å². The molecule has 0 aliphatic rings. The Morgan fingerprint density at radius 3 is 2.33 bits per heavy atom. The monoisotopic (exact) mass is 272 g/mol. The van der Waals surface area contributed by atoms with Crippen LogP contribution in [0.2, 0.25) is 0 Å². The molecule has 0 spiro atoms. The van der Waals surface area contributed by atoms with Crippen molar-refractivity contribution in [3.63, 3.8) is 0 Å². The van der Waals surface area contributed by atoms with Gasteiger partial charge in [0.15, 0.2) is 0 Å². The van der Waals surface area contributed by atoms with E-state index in [0.29, 0.717) is 0 Å². The molecule has 0 saturated carbocycles.